The molecule has 0 aliphatic heterocycles. The molecule has 0 aromatic rings. The van der Waals surface area contributed by atoms with Gasteiger partial charge in [-0.15, -0.1) is 0 Å². The molecule has 0 aliphatic carbocycles. The molecule has 3 nitrogen and oxygen atoms in total. The minimum absolute atomic E-state index is 0.741. The molecular formula is C11H27N3. The number of hydrogen-bond acceptors (Lipinski definition) is 3. The summed E-state index contributed by atoms with van der Waals surface area (Å²) in [6, 6.07) is 0. The second-order valence-corrected chi connectivity index (χ2v) is 4.33. The van der Waals surface area contributed by atoms with Crippen molar-refractivity contribution in [2.45, 2.75) is 33.1 Å². The fraction of sp³-hybridized carbons (Fsp3) is 1.00. The molecule has 0 saturated heterocycles. The van der Waals surface area contributed by atoms with Crippen LogP contribution in [0.15, 0.2) is 0 Å². The molecule has 0 radical (unpaired) electrons. The van der Waals surface area contributed by atoms with E-state index in [-0.39, 0.29) is 0 Å². The number of hydrogen-bond donors (Lipinski definition) is 2. The first-order valence-electron chi connectivity index (χ1n) is 5.83. The highest BCUT2D eigenvalue weighted by Crippen LogP contribution is 2.02. The molecule has 0 heterocycles. The summed E-state index contributed by atoms with van der Waals surface area (Å²) in [5.74, 6) is 0.741. The Bertz CT molecular complexity index is 115. The predicted molar refractivity (Wildman–Crippen MR) is 63.2 cm³/mol. The number of nitrogens with zero attached hydrogens (tertiary/aromatic N) is 1. The lowest BCUT2D eigenvalue weighted by Gasteiger charge is -2.23. The zero-order chi connectivity index (χ0) is 10.8. The van der Waals surface area contributed by atoms with Crippen LogP contribution in [0.2, 0.25) is 0 Å². The quantitative estimate of drug-likeness (QED) is 0.548. The van der Waals surface area contributed by atoms with Crippen molar-refractivity contribution in [1.29, 1.82) is 0 Å². The number of rotatable bonds is 9. The summed E-state index contributed by atoms with van der Waals surface area (Å²) in [5, 5.41) is 0. The zero-order valence-corrected chi connectivity index (χ0v) is 9.84. The van der Waals surface area contributed by atoms with Gasteiger partial charge in [-0.1, -0.05) is 13.8 Å². The van der Waals surface area contributed by atoms with Crippen molar-refractivity contribution in [1.82, 2.24) is 4.90 Å². The first-order valence-corrected chi connectivity index (χ1v) is 5.83. The van der Waals surface area contributed by atoms with Crippen LogP contribution >= 0.6 is 0 Å². The van der Waals surface area contributed by atoms with Gasteiger partial charge >= 0.3 is 0 Å². The highest BCUT2D eigenvalue weighted by atomic mass is 15.1. The van der Waals surface area contributed by atoms with E-state index in [2.05, 4.69) is 18.7 Å². The summed E-state index contributed by atoms with van der Waals surface area (Å²) >= 11 is 0. The average molecular weight is 201 g/mol. The van der Waals surface area contributed by atoms with Crippen molar-refractivity contribution >= 4 is 0 Å². The van der Waals surface area contributed by atoms with Crippen LogP contribution in [-0.2, 0) is 0 Å². The largest absolute Gasteiger partial charge is 0.330 e. The molecule has 0 amide bonds. The van der Waals surface area contributed by atoms with E-state index in [0.717, 1.165) is 38.4 Å². The summed E-state index contributed by atoms with van der Waals surface area (Å²) in [6.45, 7) is 9.63. The van der Waals surface area contributed by atoms with Crippen molar-refractivity contribution < 1.29 is 0 Å². The van der Waals surface area contributed by atoms with E-state index in [1.165, 1.54) is 19.5 Å². The summed E-state index contributed by atoms with van der Waals surface area (Å²) in [4.78, 5) is 2.51. The van der Waals surface area contributed by atoms with Crippen molar-refractivity contribution in [2.75, 3.05) is 32.7 Å². The van der Waals surface area contributed by atoms with Gasteiger partial charge < -0.3 is 16.4 Å². The van der Waals surface area contributed by atoms with Crippen molar-refractivity contribution in [2.24, 2.45) is 17.4 Å². The van der Waals surface area contributed by atoms with Gasteiger partial charge in [0.15, 0.2) is 0 Å². The van der Waals surface area contributed by atoms with Crippen LogP contribution < -0.4 is 11.5 Å². The van der Waals surface area contributed by atoms with E-state index in [1.807, 2.05) is 0 Å². The third-order valence-corrected chi connectivity index (χ3v) is 2.23. The molecule has 0 aromatic heterocycles. The molecule has 3 heteroatoms. The SMILES string of the molecule is CC(C)CN(CCCN)CCCCN. The highest BCUT2D eigenvalue weighted by molar-refractivity contribution is 4.61. The average Bonchev–Trinajstić information content (AvgIpc) is 2.13. The van der Waals surface area contributed by atoms with Crippen molar-refractivity contribution in [3.8, 4) is 0 Å². The standard InChI is InChI=1S/C11H27N3/c1-11(2)10-14(9-5-7-13)8-4-3-6-12/h11H,3-10,12-13H2,1-2H3. The molecule has 0 saturated carbocycles. The van der Waals surface area contributed by atoms with Gasteiger partial charge in [0, 0.05) is 6.54 Å². The van der Waals surface area contributed by atoms with E-state index in [4.69, 9.17) is 11.5 Å². The van der Waals surface area contributed by atoms with Crippen LogP contribution in [-0.4, -0.2) is 37.6 Å². The Morgan fingerprint density at radius 2 is 1.50 bits per heavy atom. The molecule has 86 valence electrons. The predicted octanol–water partition coefficient (Wildman–Crippen LogP) is 1.03. The van der Waals surface area contributed by atoms with E-state index < -0.39 is 0 Å². The van der Waals surface area contributed by atoms with Gasteiger partial charge in [0.2, 0.25) is 0 Å². The van der Waals surface area contributed by atoms with Gasteiger partial charge in [-0.05, 0) is 51.4 Å². The summed E-state index contributed by atoms with van der Waals surface area (Å²) in [7, 11) is 0. The fourth-order valence-corrected chi connectivity index (χ4v) is 1.61. The second kappa shape index (κ2) is 9.44. The Labute approximate surface area is 88.8 Å². The molecule has 0 spiro atoms. The van der Waals surface area contributed by atoms with Gasteiger partial charge in [0.25, 0.3) is 0 Å². The van der Waals surface area contributed by atoms with E-state index in [9.17, 15) is 0 Å². The molecule has 0 unspecified atom stereocenters. The first kappa shape index (κ1) is 13.9. The summed E-state index contributed by atoms with van der Waals surface area (Å²) < 4.78 is 0. The summed E-state index contributed by atoms with van der Waals surface area (Å²) in [6.07, 6.45) is 3.46. The Kier molecular flexibility index (Phi) is 9.35. The Morgan fingerprint density at radius 1 is 0.929 bits per heavy atom. The maximum absolute atomic E-state index is 5.52. The second-order valence-electron chi connectivity index (χ2n) is 4.33. The maximum atomic E-state index is 5.52. The molecule has 14 heavy (non-hydrogen) atoms. The van der Waals surface area contributed by atoms with Crippen LogP contribution in [0.3, 0.4) is 0 Å². The van der Waals surface area contributed by atoms with Crippen molar-refractivity contribution in [3.05, 3.63) is 0 Å². The third-order valence-electron chi connectivity index (χ3n) is 2.23. The molecule has 0 rings (SSSR count). The van der Waals surface area contributed by atoms with E-state index in [0.29, 0.717) is 0 Å². The number of unbranched alkanes of at least 4 members (excludes halogenated alkanes) is 1. The van der Waals surface area contributed by atoms with Crippen LogP contribution in [0.1, 0.15) is 33.1 Å². The lowest BCUT2D eigenvalue weighted by atomic mass is 10.2. The van der Waals surface area contributed by atoms with Crippen molar-refractivity contribution in [3.63, 3.8) is 0 Å². The number of nitrogens with two attached hydrogens (primary N) is 2. The van der Waals surface area contributed by atoms with Gasteiger partial charge in [0.05, 0.1) is 0 Å². The Morgan fingerprint density at radius 3 is 2.00 bits per heavy atom. The monoisotopic (exact) mass is 201 g/mol. The molecule has 0 aromatic carbocycles. The first-order chi connectivity index (χ1) is 6.70. The van der Waals surface area contributed by atoms with Gasteiger partial charge in [-0.25, -0.2) is 0 Å². The van der Waals surface area contributed by atoms with Gasteiger partial charge in [-0.3, -0.25) is 0 Å². The van der Waals surface area contributed by atoms with Gasteiger partial charge in [-0.2, -0.15) is 0 Å². The zero-order valence-electron chi connectivity index (χ0n) is 9.84. The molecule has 0 fully saturated rings. The minimum Gasteiger partial charge on any atom is -0.330 e. The normalized spacial score (nSPS) is 11.6. The smallest absolute Gasteiger partial charge is 0.000439 e. The van der Waals surface area contributed by atoms with Crippen LogP contribution in [0.4, 0.5) is 0 Å². The molecule has 0 atom stereocenters. The molecular weight excluding hydrogens is 174 g/mol. The van der Waals surface area contributed by atoms with Gasteiger partial charge in [0.1, 0.15) is 0 Å². The van der Waals surface area contributed by atoms with Crippen LogP contribution in [0, 0.1) is 5.92 Å². The van der Waals surface area contributed by atoms with E-state index >= 15 is 0 Å². The van der Waals surface area contributed by atoms with Crippen LogP contribution in [0.25, 0.3) is 0 Å². The Hall–Kier alpha value is -0.120. The van der Waals surface area contributed by atoms with E-state index in [1.54, 1.807) is 0 Å². The topological polar surface area (TPSA) is 55.3 Å². The molecule has 4 N–H and O–H groups in total. The van der Waals surface area contributed by atoms with Crippen LogP contribution in [0.5, 0.6) is 0 Å². The lowest BCUT2D eigenvalue weighted by molar-refractivity contribution is 0.239. The maximum Gasteiger partial charge on any atom is 0.000439 e. The molecule has 0 aliphatic rings. The fourth-order valence-electron chi connectivity index (χ4n) is 1.61. The highest BCUT2D eigenvalue weighted by Gasteiger charge is 2.05. The molecule has 0 bridgehead atoms. The Balaban J connectivity index is 3.61. The third kappa shape index (κ3) is 8.48. The minimum atomic E-state index is 0.741. The lowest BCUT2D eigenvalue weighted by Crippen LogP contribution is -2.31. The summed E-state index contributed by atoms with van der Waals surface area (Å²) in [5.41, 5.74) is 11.0.